The Hall–Kier alpha value is -2.17. The predicted molar refractivity (Wildman–Crippen MR) is 72.1 cm³/mol. The van der Waals surface area contributed by atoms with Crippen molar-refractivity contribution >= 4 is 17.7 Å². The minimum absolute atomic E-state index is 0.0617. The van der Waals surface area contributed by atoms with E-state index in [-0.39, 0.29) is 24.7 Å². The van der Waals surface area contributed by atoms with Gasteiger partial charge >= 0.3 is 5.97 Å². The van der Waals surface area contributed by atoms with Gasteiger partial charge in [0.1, 0.15) is 5.41 Å². The minimum Gasteiger partial charge on any atom is -0.468 e. The minimum atomic E-state index is -1.27. The maximum absolute atomic E-state index is 12.4. The molecule has 0 N–H and O–H groups in total. The maximum atomic E-state index is 12.4. The van der Waals surface area contributed by atoms with E-state index in [1.54, 1.807) is 24.3 Å². The predicted octanol–water partition coefficient (Wildman–Crippen LogP) is 1.28. The van der Waals surface area contributed by atoms with E-state index < -0.39 is 11.4 Å². The van der Waals surface area contributed by atoms with E-state index in [0.29, 0.717) is 12.1 Å². The number of carbonyl (C=O) groups is 3. The van der Waals surface area contributed by atoms with Gasteiger partial charge in [-0.05, 0) is 19.1 Å². The zero-order valence-corrected chi connectivity index (χ0v) is 11.6. The first kappa shape index (κ1) is 14.2. The van der Waals surface area contributed by atoms with E-state index in [2.05, 4.69) is 0 Å². The molecule has 0 saturated carbocycles. The van der Waals surface area contributed by atoms with E-state index in [0.717, 1.165) is 0 Å². The number of nitrogens with zero attached hydrogens (tertiary/aromatic N) is 1. The molecule has 1 aliphatic heterocycles. The average molecular weight is 275 g/mol. The summed E-state index contributed by atoms with van der Waals surface area (Å²) in [7, 11) is 1.25. The highest BCUT2D eigenvalue weighted by atomic mass is 16.5. The average Bonchev–Trinajstić information content (AvgIpc) is 2.49. The molecule has 5 heteroatoms. The van der Waals surface area contributed by atoms with Crippen LogP contribution >= 0.6 is 0 Å². The maximum Gasteiger partial charge on any atom is 0.320 e. The van der Waals surface area contributed by atoms with Crippen molar-refractivity contribution in [2.75, 3.05) is 20.2 Å². The monoisotopic (exact) mass is 275 g/mol. The molecule has 0 aliphatic carbocycles. The van der Waals surface area contributed by atoms with Crippen LogP contribution < -0.4 is 0 Å². The van der Waals surface area contributed by atoms with Crippen LogP contribution in [0.4, 0.5) is 0 Å². The van der Waals surface area contributed by atoms with E-state index in [1.807, 2.05) is 6.07 Å². The first-order chi connectivity index (χ1) is 9.49. The number of ketones is 1. The van der Waals surface area contributed by atoms with Crippen LogP contribution in [-0.4, -0.2) is 42.8 Å². The largest absolute Gasteiger partial charge is 0.468 e. The fourth-order valence-electron chi connectivity index (χ4n) is 2.40. The van der Waals surface area contributed by atoms with E-state index >= 15 is 0 Å². The Labute approximate surface area is 117 Å². The van der Waals surface area contributed by atoms with Gasteiger partial charge in [-0.25, -0.2) is 0 Å². The van der Waals surface area contributed by atoms with Gasteiger partial charge in [-0.3, -0.25) is 14.4 Å². The summed E-state index contributed by atoms with van der Waals surface area (Å²) in [6.07, 6.45) is 0.171. The van der Waals surface area contributed by atoms with Gasteiger partial charge in [0.2, 0.25) is 0 Å². The third-order valence-corrected chi connectivity index (χ3v) is 3.68. The topological polar surface area (TPSA) is 63.7 Å². The fourth-order valence-corrected chi connectivity index (χ4v) is 2.40. The number of amides is 1. The number of benzene rings is 1. The highest BCUT2D eigenvalue weighted by Crippen LogP contribution is 2.28. The second-order valence-corrected chi connectivity index (χ2v) is 5.09. The molecule has 106 valence electrons. The summed E-state index contributed by atoms with van der Waals surface area (Å²) in [4.78, 5) is 37.7. The number of ether oxygens (including phenoxy) is 1. The number of Topliss-reactive ketones (excluding diaryl/α,β-unsaturated/α-hetero) is 1. The molecule has 20 heavy (non-hydrogen) atoms. The number of likely N-dealkylation sites (tertiary alicyclic amines) is 1. The molecule has 5 nitrogen and oxygen atoms in total. The molecule has 0 unspecified atom stereocenters. The molecule has 1 aromatic rings. The van der Waals surface area contributed by atoms with Crippen LogP contribution in [0, 0.1) is 5.41 Å². The van der Waals surface area contributed by atoms with Crippen molar-refractivity contribution in [3.8, 4) is 0 Å². The van der Waals surface area contributed by atoms with Crippen LogP contribution in [0.1, 0.15) is 23.7 Å². The molecule has 0 radical (unpaired) electrons. The first-order valence-electron chi connectivity index (χ1n) is 6.45. The van der Waals surface area contributed by atoms with Crippen molar-refractivity contribution in [3.63, 3.8) is 0 Å². The Bertz CT molecular complexity index is 530. The number of piperidine rings is 1. The lowest BCUT2D eigenvalue weighted by molar-refractivity contribution is -0.159. The van der Waals surface area contributed by atoms with Crippen LogP contribution in [0.3, 0.4) is 0 Å². The smallest absolute Gasteiger partial charge is 0.320 e. The lowest BCUT2D eigenvalue weighted by atomic mass is 9.80. The third-order valence-electron chi connectivity index (χ3n) is 3.68. The Kier molecular flexibility index (Phi) is 3.88. The lowest BCUT2D eigenvalue weighted by Crippen LogP contribution is -2.54. The molecular weight excluding hydrogens is 258 g/mol. The number of hydrogen-bond acceptors (Lipinski definition) is 4. The van der Waals surface area contributed by atoms with Gasteiger partial charge in [-0.2, -0.15) is 0 Å². The number of carbonyl (C=O) groups excluding carboxylic acids is 3. The van der Waals surface area contributed by atoms with Crippen LogP contribution in [0.2, 0.25) is 0 Å². The normalized spacial score (nSPS) is 22.5. The summed E-state index contributed by atoms with van der Waals surface area (Å²) < 4.78 is 4.70. The number of rotatable bonds is 2. The van der Waals surface area contributed by atoms with Gasteiger partial charge in [-0.15, -0.1) is 0 Å². The Morgan fingerprint density at radius 3 is 2.50 bits per heavy atom. The Balaban J connectivity index is 2.21. The third kappa shape index (κ3) is 2.43. The second-order valence-electron chi connectivity index (χ2n) is 5.09. The molecule has 1 heterocycles. The number of methoxy groups -OCH3 is 1. The highest BCUT2D eigenvalue weighted by molar-refractivity contribution is 6.06. The van der Waals surface area contributed by atoms with Crippen molar-refractivity contribution in [1.82, 2.24) is 4.90 Å². The zero-order valence-electron chi connectivity index (χ0n) is 11.6. The number of hydrogen-bond donors (Lipinski definition) is 0. The molecule has 0 spiro atoms. The summed E-state index contributed by atoms with van der Waals surface area (Å²) in [5.41, 5.74) is -0.716. The Morgan fingerprint density at radius 2 is 1.90 bits per heavy atom. The van der Waals surface area contributed by atoms with Gasteiger partial charge < -0.3 is 9.64 Å². The van der Waals surface area contributed by atoms with Crippen LogP contribution in [0.5, 0.6) is 0 Å². The molecule has 1 amide bonds. The van der Waals surface area contributed by atoms with Gasteiger partial charge in [-0.1, -0.05) is 18.2 Å². The first-order valence-corrected chi connectivity index (χ1v) is 6.45. The number of esters is 1. The summed E-state index contributed by atoms with van der Waals surface area (Å²) in [5.74, 6) is -0.942. The second kappa shape index (κ2) is 5.45. The SMILES string of the molecule is COC(=O)[C@@]1(C)CN(C(=O)c2ccccc2)CCC1=O. The van der Waals surface area contributed by atoms with Crippen molar-refractivity contribution in [2.45, 2.75) is 13.3 Å². The molecule has 1 saturated heterocycles. The van der Waals surface area contributed by atoms with Gasteiger partial charge in [0.15, 0.2) is 5.78 Å². The van der Waals surface area contributed by atoms with Crippen LogP contribution in [0.25, 0.3) is 0 Å². The lowest BCUT2D eigenvalue weighted by Gasteiger charge is -2.37. The highest BCUT2D eigenvalue weighted by Gasteiger charge is 2.47. The molecule has 1 atom stereocenters. The standard InChI is InChI=1S/C15H17NO4/c1-15(14(19)20-2)10-16(9-8-12(15)17)13(18)11-6-4-3-5-7-11/h3-7H,8-10H2,1-2H3/t15-/m0/s1. The summed E-state index contributed by atoms with van der Waals surface area (Å²) in [6, 6.07) is 8.82. The zero-order chi connectivity index (χ0) is 14.8. The summed E-state index contributed by atoms with van der Waals surface area (Å²) >= 11 is 0. The van der Waals surface area contributed by atoms with E-state index in [4.69, 9.17) is 4.74 Å². The molecule has 0 aromatic heterocycles. The molecule has 1 aromatic carbocycles. The van der Waals surface area contributed by atoms with Gasteiger partial charge in [0.05, 0.1) is 7.11 Å². The summed E-state index contributed by atoms with van der Waals surface area (Å²) in [6.45, 7) is 1.93. The van der Waals surface area contributed by atoms with Crippen molar-refractivity contribution in [3.05, 3.63) is 35.9 Å². The van der Waals surface area contributed by atoms with Crippen molar-refractivity contribution in [2.24, 2.45) is 5.41 Å². The van der Waals surface area contributed by atoms with Crippen molar-refractivity contribution < 1.29 is 19.1 Å². The molecule has 2 rings (SSSR count). The molecule has 1 aliphatic rings. The van der Waals surface area contributed by atoms with Crippen LogP contribution in [0.15, 0.2) is 30.3 Å². The van der Waals surface area contributed by atoms with Crippen molar-refractivity contribution in [1.29, 1.82) is 0 Å². The van der Waals surface area contributed by atoms with E-state index in [9.17, 15) is 14.4 Å². The van der Waals surface area contributed by atoms with Crippen LogP contribution in [-0.2, 0) is 14.3 Å². The summed E-state index contributed by atoms with van der Waals surface area (Å²) in [5, 5.41) is 0. The van der Waals surface area contributed by atoms with Gasteiger partial charge in [0.25, 0.3) is 5.91 Å². The van der Waals surface area contributed by atoms with E-state index in [1.165, 1.54) is 18.9 Å². The molecule has 1 fully saturated rings. The molecule has 0 bridgehead atoms. The van der Waals surface area contributed by atoms with Gasteiger partial charge in [0, 0.05) is 25.1 Å². The fraction of sp³-hybridized carbons (Fsp3) is 0.400. The molecular formula is C15H17NO4. The quantitative estimate of drug-likeness (QED) is 0.602. The Morgan fingerprint density at radius 1 is 1.25 bits per heavy atom.